The predicted octanol–water partition coefficient (Wildman–Crippen LogP) is 1.15. The van der Waals surface area contributed by atoms with Crippen LogP contribution in [0.1, 0.15) is 19.4 Å². The van der Waals surface area contributed by atoms with Crippen LogP contribution in [0.25, 0.3) is 0 Å². The van der Waals surface area contributed by atoms with Crippen molar-refractivity contribution in [2.24, 2.45) is 5.73 Å². The van der Waals surface area contributed by atoms with E-state index < -0.39 is 6.03 Å². The smallest absolute Gasteiger partial charge is 0.314 e. The minimum atomic E-state index is -0.631. The molecule has 7 heteroatoms. The highest BCUT2D eigenvalue weighted by molar-refractivity contribution is 5.83. The maximum atomic E-state index is 11.7. The van der Waals surface area contributed by atoms with Crippen molar-refractivity contribution in [3.63, 3.8) is 0 Å². The molecule has 128 valence electrons. The zero-order valence-electron chi connectivity index (χ0n) is 13.9. The maximum Gasteiger partial charge on any atom is 0.314 e. The van der Waals surface area contributed by atoms with E-state index in [1.807, 2.05) is 32.0 Å². The molecule has 0 heterocycles. The van der Waals surface area contributed by atoms with E-state index in [-0.39, 0.29) is 12.5 Å². The van der Waals surface area contributed by atoms with Crippen LogP contribution in [0.15, 0.2) is 18.2 Å². The summed E-state index contributed by atoms with van der Waals surface area (Å²) in [6.45, 7) is 5.37. The number of hydrogen-bond donors (Lipinski definition) is 2. The van der Waals surface area contributed by atoms with E-state index in [1.54, 1.807) is 0 Å². The van der Waals surface area contributed by atoms with Crippen LogP contribution in [0.3, 0.4) is 0 Å². The molecular weight excluding hydrogens is 298 g/mol. The fourth-order valence-corrected chi connectivity index (χ4v) is 1.95. The molecule has 0 aromatic heterocycles. The first-order valence-corrected chi connectivity index (χ1v) is 7.63. The molecule has 0 bridgehead atoms. The van der Waals surface area contributed by atoms with Gasteiger partial charge in [-0.05, 0) is 38.0 Å². The minimum absolute atomic E-state index is 0.0528. The minimum Gasteiger partial charge on any atom is -0.490 e. The van der Waals surface area contributed by atoms with E-state index in [2.05, 4.69) is 5.32 Å². The van der Waals surface area contributed by atoms with E-state index in [0.29, 0.717) is 37.7 Å². The Labute approximate surface area is 136 Å². The monoisotopic (exact) mass is 323 g/mol. The van der Waals surface area contributed by atoms with Gasteiger partial charge in [0.1, 0.15) is 6.54 Å². The molecule has 0 saturated heterocycles. The normalized spacial score (nSPS) is 10.0. The van der Waals surface area contributed by atoms with Crippen LogP contribution in [0.4, 0.5) is 4.79 Å². The molecule has 0 saturated carbocycles. The van der Waals surface area contributed by atoms with Crippen LogP contribution in [0.5, 0.6) is 11.5 Å². The van der Waals surface area contributed by atoms with Crippen molar-refractivity contribution in [3.8, 4) is 11.5 Å². The van der Waals surface area contributed by atoms with Crippen LogP contribution >= 0.6 is 0 Å². The van der Waals surface area contributed by atoms with E-state index in [1.165, 1.54) is 7.05 Å². The molecular formula is C16H25N3O4. The zero-order chi connectivity index (χ0) is 17.2. The van der Waals surface area contributed by atoms with E-state index >= 15 is 0 Å². The molecule has 0 atom stereocenters. The molecule has 0 spiro atoms. The fourth-order valence-electron chi connectivity index (χ4n) is 1.95. The summed E-state index contributed by atoms with van der Waals surface area (Å²) < 4.78 is 11.1. The highest BCUT2D eigenvalue weighted by Crippen LogP contribution is 2.28. The molecule has 0 aliphatic carbocycles. The van der Waals surface area contributed by atoms with Gasteiger partial charge in [-0.1, -0.05) is 6.07 Å². The van der Waals surface area contributed by atoms with Gasteiger partial charge in [-0.3, -0.25) is 4.79 Å². The van der Waals surface area contributed by atoms with Gasteiger partial charge in [0.2, 0.25) is 5.91 Å². The third-order valence-electron chi connectivity index (χ3n) is 3.10. The molecule has 0 unspecified atom stereocenters. The van der Waals surface area contributed by atoms with Gasteiger partial charge < -0.3 is 25.4 Å². The van der Waals surface area contributed by atoms with Crippen LogP contribution in [0.2, 0.25) is 0 Å². The van der Waals surface area contributed by atoms with E-state index in [4.69, 9.17) is 15.2 Å². The topological polar surface area (TPSA) is 93.9 Å². The number of likely N-dealkylation sites (N-methyl/N-ethyl adjacent to an activating group) is 1. The second-order valence-electron chi connectivity index (χ2n) is 4.94. The molecule has 1 aromatic rings. The predicted molar refractivity (Wildman–Crippen MR) is 87.7 cm³/mol. The second-order valence-corrected chi connectivity index (χ2v) is 4.94. The average Bonchev–Trinajstić information content (AvgIpc) is 2.50. The number of rotatable bonds is 9. The molecule has 1 aromatic carbocycles. The lowest BCUT2D eigenvalue weighted by molar-refractivity contribution is -0.121. The number of primary amides is 1. The molecule has 0 aliphatic rings. The highest BCUT2D eigenvalue weighted by atomic mass is 16.5. The maximum absolute atomic E-state index is 11.7. The summed E-state index contributed by atoms with van der Waals surface area (Å²) >= 11 is 0. The molecule has 3 N–H and O–H groups in total. The first-order chi connectivity index (χ1) is 11.0. The summed E-state index contributed by atoms with van der Waals surface area (Å²) in [6.07, 6.45) is 0.651. The number of ether oxygens (including phenoxy) is 2. The average molecular weight is 323 g/mol. The molecule has 7 nitrogen and oxygen atoms in total. The summed E-state index contributed by atoms with van der Waals surface area (Å²) in [5, 5.41) is 2.75. The van der Waals surface area contributed by atoms with Gasteiger partial charge in [0.25, 0.3) is 0 Å². The Morgan fingerprint density at radius 2 is 1.83 bits per heavy atom. The molecule has 23 heavy (non-hydrogen) atoms. The second kappa shape index (κ2) is 9.55. The number of urea groups is 1. The van der Waals surface area contributed by atoms with Crippen LogP contribution in [-0.2, 0) is 11.2 Å². The number of carbonyl (C=O) groups is 2. The largest absolute Gasteiger partial charge is 0.490 e. The van der Waals surface area contributed by atoms with Crippen molar-refractivity contribution >= 4 is 11.9 Å². The Morgan fingerprint density at radius 1 is 1.17 bits per heavy atom. The van der Waals surface area contributed by atoms with Crippen molar-refractivity contribution in [2.75, 3.05) is 33.4 Å². The third kappa shape index (κ3) is 6.46. The number of benzene rings is 1. The van der Waals surface area contributed by atoms with Crippen molar-refractivity contribution in [3.05, 3.63) is 23.8 Å². The Hall–Kier alpha value is -2.44. The fraction of sp³-hybridized carbons (Fsp3) is 0.500. The number of hydrogen-bond acceptors (Lipinski definition) is 4. The van der Waals surface area contributed by atoms with E-state index in [9.17, 15) is 9.59 Å². The highest BCUT2D eigenvalue weighted by Gasteiger charge is 2.10. The SMILES string of the molecule is CCOc1ccc(CCNC(=O)CN(C)C(N)=O)cc1OCC. The van der Waals surface area contributed by atoms with Gasteiger partial charge in [-0.25, -0.2) is 4.79 Å². The molecule has 3 amide bonds. The van der Waals surface area contributed by atoms with Gasteiger partial charge in [0.15, 0.2) is 11.5 Å². The molecule has 0 fully saturated rings. The number of amides is 3. The number of nitrogens with two attached hydrogens (primary N) is 1. The van der Waals surface area contributed by atoms with Gasteiger partial charge in [0, 0.05) is 13.6 Å². The number of carbonyl (C=O) groups excluding carboxylic acids is 2. The first kappa shape index (κ1) is 18.6. The van der Waals surface area contributed by atoms with E-state index in [0.717, 1.165) is 10.5 Å². The van der Waals surface area contributed by atoms with Crippen LogP contribution in [-0.4, -0.2) is 50.2 Å². The van der Waals surface area contributed by atoms with Crippen molar-refractivity contribution in [2.45, 2.75) is 20.3 Å². The van der Waals surface area contributed by atoms with Crippen LogP contribution in [0, 0.1) is 0 Å². The molecule has 0 radical (unpaired) electrons. The van der Waals surface area contributed by atoms with Gasteiger partial charge >= 0.3 is 6.03 Å². The van der Waals surface area contributed by atoms with Crippen molar-refractivity contribution in [1.82, 2.24) is 10.2 Å². The Bertz CT molecular complexity index is 534. The molecule has 1 rings (SSSR count). The lowest BCUT2D eigenvalue weighted by Gasteiger charge is -2.14. The Morgan fingerprint density at radius 3 is 2.43 bits per heavy atom. The van der Waals surface area contributed by atoms with Crippen molar-refractivity contribution < 1.29 is 19.1 Å². The lowest BCUT2D eigenvalue weighted by atomic mass is 10.1. The molecule has 0 aliphatic heterocycles. The summed E-state index contributed by atoms with van der Waals surface area (Å²) in [7, 11) is 1.47. The van der Waals surface area contributed by atoms with Crippen molar-refractivity contribution in [1.29, 1.82) is 0 Å². The first-order valence-electron chi connectivity index (χ1n) is 7.63. The summed E-state index contributed by atoms with van der Waals surface area (Å²) in [5.41, 5.74) is 6.10. The number of nitrogens with zero attached hydrogens (tertiary/aromatic N) is 1. The Kier molecular flexibility index (Phi) is 7.73. The third-order valence-corrected chi connectivity index (χ3v) is 3.10. The van der Waals surface area contributed by atoms with Crippen LogP contribution < -0.4 is 20.5 Å². The lowest BCUT2D eigenvalue weighted by Crippen LogP contribution is -2.41. The quantitative estimate of drug-likeness (QED) is 0.713. The standard InChI is InChI=1S/C16H25N3O4/c1-4-22-13-7-6-12(10-14(13)23-5-2)8-9-18-15(20)11-19(3)16(17)21/h6-7,10H,4-5,8-9,11H2,1-3H3,(H2,17,21)(H,18,20). The summed E-state index contributed by atoms with van der Waals surface area (Å²) in [4.78, 5) is 23.7. The van der Waals surface area contributed by atoms with Gasteiger partial charge in [-0.15, -0.1) is 0 Å². The number of nitrogens with one attached hydrogen (secondary N) is 1. The Balaban J connectivity index is 2.52. The van der Waals surface area contributed by atoms with Gasteiger partial charge in [0.05, 0.1) is 13.2 Å². The summed E-state index contributed by atoms with van der Waals surface area (Å²) in [6, 6.07) is 5.09. The van der Waals surface area contributed by atoms with Gasteiger partial charge in [-0.2, -0.15) is 0 Å². The zero-order valence-corrected chi connectivity index (χ0v) is 13.9. The summed E-state index contributed by atoms with van der Waals surface area (Å²) in [5.74, 6) is 1.17.